The number of pyridine rings is 1. The summed E-state index contributed by atoms with van der Waals surface area (Å²) in [4.78, 5) is 26.3. The Hall–Kier alpha value is -3.14. The average molecular weight is 587 g/mol. The van der Waals surface area contributed by atoms with E-state index in [2.05, 4.69) is 22.2 Å². The summed E-state index contributed by atoms with van der Waals surface area (Å²) in [6.45, 7) is 5.32. The van der Waals surface area contributed by atoms with E-state index in [0.717, 1.165) is 11.9 Å². The lowest BCUT2D eigenvalue weighted by atomic mass is 9.97. The number of aromatic nitrogens is 3. The van der Waals surface area contributed by atoms with Crippen LogP contribution in [0.5, 0.6) is 11.5 Å². The van der Waals surface area contributed by atoms with E-state index >= 15 is 0 Å². The number of hydrogen-bond donors (Lipinski definition) is 2. The molecule has 2 atom stereocenters. The highest BCUT2D eigenvalue weighted by Crippen LogP contribution is 2.46. The van der Waals surface area contributed by atoms with E-state index < -0.39 is 0 Å². The number of allylic oxidation sites excluding steroid dienone is 1. The van der Waals surface area contributed by atoms with Crippen molar-refractivity contribution in [1.29, 1.82) is 0 Å². The largest absolute Gasteiger partial charge is 0.495 e. The van der Waals surface area contributed by atoms with Crippen LogP contribution in [0.1, 0.15) is 32.1 Å². The van der Waals surface area contributed by atoms with Crippen LogP contribution in [0.15, 0.2) is 31.0 Å². The molecule has 1 aromatic carbocycles. The average Bonchev–Trinajstić information content (AvgIpc) is 3.64. The first-order valence-corrected chi connectivity index (χ1v) is 14.2. The highest BCUT2D eigenvalue weighted by atomic mass is 35.5. The first-order chi connectivity index (χ1) is 19.4. The van der Waals surface area contributed by atoms with E-state index in [1.165, 1.54) is 46.0 Å². The zero-order chi connectivity index (χ0) is 28.2. The predicted molar refractivity (Wildman–Crippen MR) is 158 cm³/mol. The number of methoxy groups -OCH3 is 2. The second-order valence-electron chi connectivity index (χ2n) is 10.2. The number of rotatable bonds is 11. The van der Waals surface area contributed by atoms with E-state index in [0.29, 0.717) is 75.6 Å². The van der Waals surface area contributed by atoms with Crippen molar-refractivity contribution in [2.24, 2.45) is 11.8 Å². The molecular weight excluding hydrogens is 553 g/mol. The number of carbonyl (C=O) groups is 1. The van der Waals surface area contributed by atoms with Gasteiger partial charge in [0.25, 0.3) is 0 Å². The van der Waals surface area contributed by atoms with Crippen molar-refractivity contribution in [3.05, 3.63) is 41.0 Å². The van der Waals surface area contributed by atoms with Crippen LogP contribution in [0.25, 0.3) is 22.2 Å². The van der Waals surface area contributed by atoms with Gasteiger partial charge in [-0.2, -0.15) is 0 Å². The molecule has 9 nitrogen and oxygen atoms in total. The minimum absolute atomic E-state index is 0.0108. The van der Waals surface area contributed by atoms with Gasteiger partial charge in [-0.25, -0.2) is 15.0 Å². The quantitative estimate of drug-likeness (QED) is 0.254. The first kappa shape index (κ1) is 28.4. The summed E-state index contributed by atoms with van der Waals surface area (Å²) < 4.78 is 16.6. The number of benzene rings is 1. The minimum Gasteiger partial charge on any atom is -0.495 e. The van der Waals surface area contributed by atoms with Crippen molar-refractivity contribution < 1.29 is 19.0 Å². The Balaban J connectivity index is 1.54. The number of fused-ring (bicyclic) bond motifs is 1. The highest BCUT2D eigenvalue weighted by Gasteiger charge is 2.30. The van der Waals surface area contributed by atoms with Gasteiger partial charge in [0, 0.05) is 42.1 Å². The molecule has 0 bridgehead atoms. The summed E-state index contributed by atoms with van der Waals surface area (Å²) in [6, 6.07) is 3.42. The van der Waals surface area contributed by atoms with Gasteiger partial charge >= 0.3 is 0 Å². The maximum Gasteiger partial charge on any atom is 0.223 e. The molecule has 3 aromatic rings. The summed E-state index contributed by atoms with van der Waals surface area (Å²) in [5.74, 6) is 2.49. The van der Waals surface area contributed by atoms with Gasteiger partial charge in [-0.15, -0.1) is 0 Å². The molecule has 0 amide bonds. The van der Waals surface area contributed by atoms with E-state index in [9.17, 15) is 4.79 Å². The van der Waals surface area contributed by atoms with Gasteiger partial charge in [0.05, 0.1) is 49.2 Å². The van der Waals surface area contributed by atoms with Crippen molar-refractivity contribution >= 4 is 51.7 Å². The molecule has 0 spiro atoms. The van der Waals surface area contributed by atoms with Crippen LogP contribution in [-0.2, 0) is 9.53 Å². The van der Waals surface area contributed by atoms with Gasteiger partial charge in [-0.3, -0.25) is 4.79 Å². The maximum absolute atomic E-state index is 12.0. The van der Waals surface area contributed by atoms with Crippen LogP contribution in [0.4, 0.5) is 11.8 Å². The lowest BCUT2D eigenvalue weighted by Crippen LogP contribution is -2.30. The number of nitrogens with zero attached hydrogens (tertiary/aromatic N) is 3. The molecule has 40 heavy (non-hydrogen) atoms. The van der Waals surface area contributed by atoms with Crippen molar-refractivity contribution in [2.45, 2.75) is 38.1 Å². The van der Waals surface area contributed by atoms with E-state index in [1.807, 2.05) is 6.07 Å². The Morgan fingerprint density at radius 1 is 1.12 bits per heavy atom. The van der Waals surface area contributed by atoms with Crippen molar-refractivity contribution in [3.8, 4) is 22.8 Å². The lowest BCUT2D eigenvalue weighted by Gasteiger charge is -2.19. The fraction of sp³-hybridized carbons (Fsp3) is 0.448. The number of ether oxygens (including phenoxy) is 3. The van der Waals surface area contributed by atoms with Gasteiger partial charge in [-0.05, 0) is 30.9 Å². The molecule has 212 valence electrons. The molecule has 1 saturated heterocycles. The second-order valence-corrected chi connectivity index (χ2v) is 11.0. The van der Waals surface area contributed by atoms with Crippen molar-refractivity contribution in [1.82, 2.24) is 15.0 Å². The molecule has 2 aliphatic rings. The Morgan fingerprint density at radius 3 is 2.52 bits per heavy atom. The molecule has 2 aromatic heterocycles. The smallest absolute Gasteiger partial charge is 0.223 e. The standard InChI is InChI=1S/C29H33Cl2N5O4/c1-4-19(37)9-18-14-40-15-21(18)35-29-33-13-17-10-20(24-25(30)22(38-2)11-23(39-3)26(24)31)34-28(27(17)36-29)32-12-16-7-5-6-8-16/h4,10-11,13,16,18,21H,1,5-9,12,14-15H2,2-3H3,(H,32,34)(H,33,35,36)/t18-,21+/m0/s1. The monoisotopic (exact) mass is 585 g/mol. The number of nitrogens with one attached hydrogen (secondary N) is 2. The van der Waals surface area contributed by atoms with Gasteiger partial charge in [0.2, 0.25) is 5.95 Å². The summed E-state index contributed by atoms with van der Waals surface area (Å²) in [6.07, 6.45) is 8.31. The molecule has 2 fully saturated rings. The Kier molecular flexibility index (Phi) is 8.93. The van der Waals surface area contributed by atoms with Crippen LogP contribution < -0.4 is 20.1 Å². The number of ketones is 1. The fourth-order valence-corrected chi connectivity index (χ4v) is 6.09. The third kappa shape index (κ3) is 5.96. The van der Waals surface area contributed by atoms with Crippen LogP contribution in [0.3, 0.4) is 0 Å². The number of anilines is 2. The number of hydrogen-bond acceptors (Lipinski definition) is 9. The van der Waals surface area contributed by atoms with Crippen molar-refractivity contribution in [3.63, 3.8) is 0 Å². The molecule has 0 unspecified atom stereocenters. The highest BCUT2D eigenvalue weighted by molar-refractivity contribution is 6.41. The molecule has 1 aliphatic carbocycles. The Morgan fingerprint density at radius 2 is 1.85 bits per heavy atom. The normalized spacial score (nSPS) is 19.1. The van der Waals surface area contributed by atoms with E-state index in [4.69, 9.17) is 47.4 Å². The zero-order valence-corrected chi connectivity index (χ0v) is 24.1. The summed E-state index contributed by atoms with van der Waals surface area (Å²) in [7, 11) is 3.08. The van der Waals surface area contributed by atoms with Gasteiger partial charge in [-0.1, -0.05) is 42.6 Å². The summed E-state index contributed by atoms with van der Waals surface area (Å²) in [5.41, 5.74) is 1.72. The van der Waals surface area contributed by atoms with E-state index in [-0.39, 0.29) is 17.7 Å². The van der Waals surface area contributed by atoms with Gasteiger partial charge < -0.3 is 24.8 Å². The van der Waals surface area contributed by atoms with Crippen LogP contribution in [0, 0.1) is 11.8 Å². The summed E-state index contributed by atoms with van der Waals surface area (Å²) in [5, 5.41) is 8.34. The van der Waals surface area contributed by atoms with Crippen LogP contribution >= 0.6 is 23.2 Å². The summed E-state index contributed by atoms with van der Waals surface area (Å²) >= 11 is 13.5. The molecule has 1 saturated carbocycles. The third-order valence-corrected chi connectivity index (χ3v) is 8.38. The Bertz CT molecular complexity index is 1380. The van der Waals surface area contributed by atoms with Gasteiger partial charge in [0.15, 0.2) is 11.6 Å². The zero-order valence-electron chi connectivity index (χ0n) is 22.6. The lowest BCUT2D eigenvalue weighted by molar-refractivity contribution is -0.115. The molecule has 3 heterocycles. The SMILES string of the molecule is C=CC(=O)C[C@H]1COC[C@H]1Nc1ncc2cc(-c3c(Cl)c(OC)cc(OC)c3Cl)nc(NCC3CCCC3)c2n1. The number of halogens is 2. The van der Waals surface area contributed by atoms with Gasteiger partial charge in [0.1, 0.15) is 17.0 Å². The molecule has 0 radical (unpaired) electrons. The number of carbonyl (C=O) groups excluding carboxylic acids is 1. The second kappa shape index (κ2) is 12.6. The van der Waals surface area contributed by atoms with E-state index in [1.54, 1.807) is 12.3 Å². The maximum atomic E-state index is 12.0. The first-order valence-electron chi connectivity index (χ1n) is 13.4. The predicted octanol–water partition coefficient (Wildman–Crippen LogP) is 6.19. The Labute approximate surface area is 243 Å². The molecule has 11 heteroatoms. The molecular formula is C29H33Cl2N5O4. The molecule has 2 N–H and O–H groups in total. The topological polar surface area (TPSA) is 107 Å². The van der Waals surface area contributed by atoms with Crippen molar-refractivity contribution in [2.75, 3.05) is 44.6 Å². The molecule has 5 rings (SSSR count). The third-order valence-electron chi connectivity index (χ3n) is 7.63. The fourth-order valence-electron chi connectivity index (χ4n) is 5.39. The van der Waals surface area contributed by atoms with Crippen LogP contribution in [-0.4, -0.2) is 60.8 Å². The molecule has 1 aliphatic heterocycles. The minimum atomic E-state index is -0.0923. The van der Waals surface area contributed by atoms with Crippen LogP contribution in [0.2, 0.25) is 10.0 Å².